The Morgan fingerprint density at radius 2 is 1.44 bits per heavy atom. The van der Waals surface area contributed by atoms with E-state index in [9.17, 15) is 4.79 Å². The molecule has 0 aromatic heterocycles. The Bertz CT molecular complexity index is 408. The Balaban J connectivity index is 2.67. The van der Waals surface area contributed by atoms with Gasteiger partial charge in [-0.15, -0.1) is 0 Å². The topological polar surface area (TPSA) is 41.1 Å². The summed E-state index contributed by atoms with van der Waals surface area (Å²) in [6, 6.07) is 7.79. The van der Waals surface area contributed by atoms with Gasteiger partial charge in [0.1, 0.15) is 0 Å². The summed E-state index contributed by atoms with van der Waals surface area (Å²) in [7, 11) is 0. The Hall–Kier alpha value is -1.51. The molecule has 2 amide bonds. The second-order valence-corrected chi connectivity index (χ2v) is 6.66. The second kappa shape index (κ2) is 5.01. The van der Waals surface area contributed by atoms with E-state index in [-0.39, 0.29) is 17.0 Å². The van der Waals surface area contributed by atoms with Crippen LogP contribution >= 0.6 is 0 Å². The van der Waals surface area contributed by atoms with Crippen molar-refractivity contribution in [2.75, 3.05) is 5.32 Å². The van der Waals surface area contributed by atoms with Crippen molar-refractivity contribution in [2.24, 2.45) is 0 Å². The summed E-state index contributed by atoms with van der Waals surface area (Å²) in [4.78, 5) is 11.7. The molecule has 0 heterocycles. The third-order valence-electron chi connectivity index (χ3n) is 2.50. The minimum atomic E-state index is -0.227. The van der Waals surface area contributed by atoms with Gasteiger partial charge in [0.2, 0.25) is 0 Å². The van der Waals surface area contributed by atoms with Crippen LogP contribution in [0.4, 0.5) is 10.5 Å². The van der Waals surface area contributed by atoms with E-state index >= 15 is 0 Å². The molecule has 2 N–H and O–H groups in total. The van der Waals surface area contributed by atoms with E-state index in [1.165, 1.54) is 5.56 Å². The molecule has 0 aliphatic carbocycles. The maximum atomic E-state index is 11.7. The van der Waals surface area contributed by atoms with Gasteiger partial charge in [-0.1, -0.05) is 32.9 Å². The molecule has 18 heavy (non-hydrogen) atoms. The fraction of sp³-hybridized carbons (Fsp3) is 0.533. The summed E-state index contributed by atoms with van der Waals surface area (Å²) in [5.74, 6) is 0. The molecule has 0 aliphatic heterocycles. The van der Waals surface area contributed by atoms with Crippen LogP contribution in [0, 0.1) is 0 Å². The first-order valence-electron chi connectivity index (χ1n) is 6.28. The molecule has 100 valence electrons. The van der Waals surface area contributed by atoms with Crippen molar-refractivity contribution in [3.05, 3.63) is 29.8 Å². The highest BCUT2D eigenvalue weighted by molar-refractivity contribution is 5.89. The Morgan fingerprint density at radius 3 is 1.83 bits per heavy atom. The first-order valence-corrected chi connectivity index (χ1v) is 6.28. The van der Waals surface area contributed by atoms with Gasteiger partial charge in [0.15, 0.2) is 0 Å². The smallest absolute Gasteiger partial charge is 0.319 e. The van der Waals surface area contributed by atoms with Crippen LogP contribution in [0.3, 0.4) is 0 Å². The third-order valence-corrected chi connectivity index (χ3v) is 2.50. The lowest BCUT2D eigenvalue weighted by molar-refractivity contribution is 0.244. The number of hydrogen-bond acceptors (Lipinski definition) is 1. The molecule has 0 unspecified atom stereocenters. The number of anilines is 1. The molecular weight excluding hydrogens is 224 g/mol. The summed E-state index contributed by atoms with van der Waals surface area (Å²) in [6.45, 7) is 12.4. The molecule has 1 aromatic carbocycles. The van der Waals surface area contributed by atoms with E-state index in [2.05, 4.69) is 31.4 Å². The number of benzene rings is 1. The average molecular weight is 248 g/mol. The minimum absolute atomic E-state index is 0.131. The lowest BCUT2D eigenvalue weighted by Crippen LogP contribution is -2.43. The number of hydrogen-bond donors (Lipinski definition) is 2. The van der Waals surface area contributed by atoms with Gasteiger partial charge in [-0.2, -0.15) is 0 Å². The van der Waals surface area contributed by atoms with Crippen LogP contribution in [-0.4, -0.2) is 11.6 Å². The van der Waals surface area contributed by atoms with Crippen LogP contribution < -0.4 is 10.6 Å². The number of amides is 2. The molecule has 0 saturated heterocycles. The fourth-order valence-electron chi connectivity index (χ4n) is 1.56. The van der Waals surface area contributed by atoms with Crippen molar-refractivity contribution in [3.8, 4) is 0 Å². The molecule has 0 saturated carbocycles. The number of urea groups is 1. The summed E-state index contributed by atoms with van der Waals surface area (Å²) >= 11 is 0. The summed E-state index contributed by atoms with van der Waals surface area (Å²) in [5.41, 5.74) is 1.97. The van der Waals surface area contributed by atoms with Crippen LogP contribution in [0.5, 0.6) is 0 Å². The Morgan fingerprint density at radius 1 is 0.944 bits per heavy atom. The van der Waals surface area contributed by atoms with E-state index in [1.54, 1.807) is 0 Å². The molecule has 0 bridgehead atoms. The molecule has 0 fully saturated rings. The molecule has 1 rings (SSSR count). The first-order chi connectivity index (χ1) is 8.08. The molecule has 0 spiro atoms. The first kappa shape index (κ1) is 14.6. The lowest BCUT2D eigenvalue weighted by atomic mass is 9.87. The standard InChI is InChI=1S/C15H24N2O/c1-14(2,3)11-7-9-12(10-8-11)16-13(18)17-15(4,5)6/h7-10H,1-6H3,(H2,16,17,18). The van der Waals surface area contributed by atoms with E-state index in [4.69, 9.17) is 0 Å². The zero-order valence-corrected chi connectivity index (χ0v) is 12.2. The quantitative estimate of drug-likeness (QED) is 0.777. The maximum Gasteiger partial charge on any atom is 0.319 e. The third kappa shape index (κ3) is 4.78. The van der Waals surface area contributed by atoms with E-state index in [1.807, 2.05) is 45.0 Å². The molecule has 3 nitrogen and oxygen atoms in total. The largest absolute Gasteiger partial charge is 0.333 e. The molecule has 0 radical (unpaired) electrons. The van der Waals surface area contributed by atoms with Crippen LogP contribution in [0.15, 0.2) is 24.3 Å². The lowest BCUT2D eigenvalue weighted by Gasteiger charge is -2.21. The number of carbonyl (C=O) groups excluding carboxylic acids is 1. The van der Waals surface area contributed by atoms with Crippen LogP contribution in [0.2, 0.25) is 0 Å². The molecular formula is C15H24N2O. The van der Waals surface area contributed by atoms with E-state index in [0.717, 1.165) is 5.69 Å². The highest BCUT2D eigenvalue weighted by Crippen LogP contribution is 2.23. The zero-order chi connectivity index (χ0) is 14.0. The molecule has 3 heteroatoms. The van der Waals surface area contributed by atoms with Crippen molar-refractivity contribution in [1.82, 2.24) is 5.32 Å². The van der Waals surface area contributed by atoms with Crippen molar-refractivity contribution in [3.63, 3.8) is 0 Å². The van der Waals surface area contributed by atoms with E-state index in [0.29, 0.717) is 0 Å². The summed E-state index contributed by atoms with van der Waals surface area (Å²) < 4.78 is 0. The second-order valence-electron chi connectivity index (χ2n) is 6.66. The molecule has 0 aliphatic rings. The van der Waals surface area contributed by atoms with Crippen LogP contribution in [0.25, 0.3) is 0 Å². The number of rotatable bonds is 1. The van der Waals surface area contributed by atoms with Gasteiger partial charge < -0.3 is 10.6 Å². The monoisotopic (exact) mass is 248 g/mol. The van der Waals surface area contributed by atoms with Gasteiger partial charge in [-0.05, 0) is 43.9 Å². The predicted octanol–water partition coefficient (Wildman–Crippen LogP) is 3.90. The number of nitrogens with one attached hydrogen (secondary N) is 2. The predicted molar refractivity (Wildman–Crippen MR) is 77.0 cm³/mol. The highest BCUT2D eigenvalue weighted by Gasteiger charge is 2.15. The van der Waals surface area contributed by atoms with Crippen molar-refractivity contribution >= 4 is 11.7 Å². The van der Waals surface area contributed by atoms with Crippen molar-refractivity contribution < 1.29 is 4.79 Å². The van der Waals surface area contributed by atoms with Gasteiger partial charge in [0.05, 0.1) is 0 Å². The Labute approximate surface area is 110 Å². The van der Waals surface area contributed by atoms with E-state index < -0.39 is 0 Å². The maximum absolute atomic E-state index is 11.7. The fourth-order valence-corrected chi connectivity index (χ4v) is 1.56. The van der Waals surface area contributed by atoms with Crippen molar-refractivity contribution in [1.29, 1.82) is 0 Å². The zero-order valence-electron chi connectivity index (χ0n) is 12.2. The Kier molecular flexibility index (Phi) is 4.05. The normalized spacial score (nSPS) is 12.1. The average Bonchev–Trinajstić information content (AvgIpc) is 2.13. The van der Waals surface area contributed by atoms with Gasteiger partial charge in [-0.3, -0.25) is 0 Å². The van der Waals surface area contributed by atoms with Gasteiger partial charge in [-0.25, -0.2) is 4.79 Å². The molecule has 0 atom stereocenters. The van der Waals surface area contributed by atoms with Crippen LogP contribution in [-0.2, 0) is 5.41 Å². The molecule has 1 aromatic rings. The van der Waals surface area contributed by atoms with Gasteiger partial charge in [0, 0.05) is 11.2 Å². The summed E-state index contributed by atoms with van der Waals surface area (Å²) in [6.07, 6.45) is 0. The highest BCUT2D eigenvalue weighted by atomic mass is 16.2. The van der Waals surface area contributed by atoms with Crippen molar-refractivity contribution in [2.45, 2.75) is 52.5 Å². The number of carbonyl (C=O) groups is 1. The van der Waals surface area contributed by atoms with Gasteiger partial charge >= 0.3 is 6.03 Å². The minimum Gasteiger partial charge on any atom is -0.333 e. The van der Waals surface area contributed by atoms with Gasteiger partial charge in [0.25, 0.3) is 0 Å². The van der Waals surface area contributed by atoms with Crippen LogP contribution in [0.1, 0.15) is 47.1 Å². The SMILES string of the molecule is CC(C)(C)NC(=O)Nc1ccc(C(C)(C)C)cc1. The summed E-state index contributed by atoms with van der Waals surface area (Å²) in [5, 5.41) is 5.69.